The van der Waals surface area contributed by atoms with Gasteiger partial charge in [0.15, 0.2) is 5.13 Å². The molecule has 1 fully saturated rings. The van der Waals surface area contributed by atoms with Gasteiger partial charge in [-0.1, -0.05) is 35.1 Å². The summed E-state index contributed by atoms with van der Waals surface area (Å²) in [6.45, 7) is 0.883. The highest BCUT2D eigenvalue weighted by atomic mass is 35.5. The Kier molecular flexibility index (Phi) is 6.06. The Bertz CT molecular complexity index is 1170. The number of halogens is 1. The molecule has 1 aromatic carbocycles. The second kappa shape index (κ2) is 8.58. The summed E-state index contributed by atoms with van der Waals surface area (Å²) in [5.74, 6) is -0.580. The van der Waals surface area contributed by atoms with E-state index in [1.54, 1.807) is 17.2 Å². The van der Waals surface area contributed by atoms with Gasteiger partial charge in [-0.05, 0) is 37.1 Å². The molecule has 1 amide bonds. The first-order valence-corrected chi connectivity index (χ1v) is 12.6. The van der Waals surface area contributed by atoms with Crippen LogP contribution < -0.4 is 4.90 Å². The van der Waals surface area contributed by atoms with E-state index < -0.39 is 15.9 Å². The molecule has 1 aliphatic rings. The average Bonchev–Trinajstić information content (AvgIpc) is 3.17. The van der Waals surface area contributed by atoms with Crippen molar-refractivity contribution in [1.29, 1.82) is 0 Å². The number of amides is 1. The molecule has 2 aromatic heterocycles. The molecule has 0 N–H and O–H groups in total. The third-order valence-electron chi connectivity index (χ3n) is 5.10. The summed E-state index contributed by atoms with van der Waals surface area (Å²) in [5.41, 5.74) is 1.38. The van der Waals surface area contributed by atoms with Crippen LogP contribution in [0.2, 0.25) is 5.02 Å². The van der Waals surface area contributed by atoms with E-state index in [9.17, 15) is 13.2 Å². The average molecular weight is 465 g/mol. The Morgan fingerprint density at radius 2 is 2.13 bits per heavy atom. The molecular formula is C20H21ClN4O3S2. The lowest BCUT2D eigenvalue weighted by molar-refractivity contribution is -0.123. The minimum atomic E-state index is -3.35. The number of sulfonamides is 1. The van der Waals surface area contributed by atoms with Gasteiger partial charge in [0, 0.05) is 19.3 Å². The zero-order valence-corrected chi connectivity index (χ0v) is 18.8. The third-order valence-corrected chi connectivity index (χ3v) is 7.72. The Balaban J connectivity index is 1.69. The first kappa shape index (κ1) is 21.2. The fourth-order valence-electron chi connectivity index (χ4n) is 3.58. The summed E-state index contributed by atoms with van der Waals surface area (Å²) in [6.07, 6.45) is 4.14. The number of anilines is 1. The predicted molar refractivity (Wildman–Crippen MR) is 119 cm³/mol. The lowest BCUT2D eigenvalue weighted by atomic mass is 9.98. The molecule has 3 heterocycles. The highest BCUT2D eigenvalue weighted by molar-refractivity contribution is 7.88. The largest absolute Gasteiger partial charge is 0.282 e. The predicted octanol–water partition coefficient (Wildman–Crippen LogP) is 3.55. The van der Waals surface area contributed by atoms with E-state index in [4.69, 9.17) is 11.6 Å². The van der Waals surface area contributed by atoms with Crippen LogP contribution in [0.5, 0.6) is 0 Å². The summed E-state index contributed by atoms with van der Waals surface area (Å²) in [7, 11) is -3.35. The number of aromatic nitrogens is 2. The lowest BCUT2D eigenvalue weighted by Crippen LogP contribution is -2.46. The maximum Gasteiger partial charge on any atom is 0.233 e. The standard InChI is InChI=1S/C20H21ClN4O3S2/c1-30(27,28)24-11-5-6-14(12-24)19(26)25(13-15-7-2-3-10-22-15)20-23-18-16(21)8-4-9-17(18)29-20/h2-4,7-10,14H,5-6,11-13H2,1H3. The van der Waals surface area contributed by atoms with Crippen molar-refractivity contribution in [3.63, 3.8) is 0 Å². The zero-order chi connectivity index (χ0) is 21.3. The number of hydrogen-bond acceptors (Lipinski definition) is 6. The number of pyridine rings is 1. The number of piperidine rings is 1. The highest BCUT2D eigenvalue weighted by Crippen LogP contribution is 2.34. The first-order chi connectivity index (χ1) is 14.3. The Morgan fingerprint density at radius 1 is 1.30 bits per heavy atom. The van der Waals surface area contributed by atoms with Crippen LogP contribution in [0, 0.1) is 5.92 Å². The number of benzene rings is 1. The van der Waals surface area contributed by atoms with Gasteiger partial charge in [0.2, 0.25) is 15.9 Å². The number of rotatable bonds is 5. The monoisotopic (exact) mass is 464 g/mol. The number of nitrogens with zero attached hydrogens (tertiary/aromatic N) is 4. The van der Waals surface area contributed by atoms with Gasteiger partial charge in [-0.3, -0.25) is 14.7 Å². The summed E-state index contributed by atoms with van der Waals surface area (Å²) < 4.78 is 26.3. The molecule has 0 aliphatic carbocycles. The quantitative estimate of drug-likeness (QED) is 0.576. The van der Waals surface area contributed by atoms with Crippen LogP contribution in [-0.4, -0.2) is 47.9 Å². The van der Waals surface area contributed by atoms with Crippen molar-refractivity contribution in [2.24, 2.45) is 5.92 Å². The van der Waals surface area contributed by atoms with Crippen LogP contribution in [0.15, 0.2) is 42.6 Å². The number of thiazole rings is 1. The van der Waals surface area contributed by atoms with Crippen molar-refractivity contribution >= 4 is 54.2 Å². The molecule has 0 spiro atoms. The summed E-state index contributed by atoms with van der Waals surface area (Å²) in [4.78, 5) is 24.1. The van der Waals surface area contributed by atoms with E-state index >= 15 is 0 Å². The van der Waals surface area contributed by atoms with E-state index in [1.165, 1.54) is 21.9 Å². The zero-order valence-electron chi connectivity index (χ0n) is 16.4. The number of para-hydroxylation sites is 1. The maximum atomic E-state index is 13.5. The number of carbonyl (C=O) groups excluding carboxylic acids is 1. The van der Waals surface area contributed by atoms with Gasteiger partial charge in [0.25, 0.3) is 0 Å². The SMILES string of the molecule is CS(=O)(=O)N1CCCC(C(=O)N(Cc2ccccn2)c2nc3c(Cl)cccc3s2)C1. The van der Waals surface area contributed by atoms with Gasteiger partial charge in [0.05, 0.1) is 34.1 Å². The molecule has 158 valence electrons. The molecule has 1 aliphatic heterocycles. The smallest absolute Gasteiger partial charge is 0.233 e. The maximum absolute atomic E-state index is 13.5. The van der Waals surface area contributed by atoms with Crippen LogP contribution in [0.25, 0.3) is 10.2 Å². The van der Waals surface area contributed by atoms with E-state index in [0.29, 0.717) is 35.1 Å². The molecule has 7 nitrogen and oxygen atoms in total. The molecule has 1 unspecified atom stereocenters. The summed E-state index contributed by atoms with van der Waals surface area (Å²) >= 11 is 7.68. The van der Waals surface area contributed by atoms with Crippen molar-refractivity contribution in [1.82, 2.24) is 14.3 Å². The van der Waals surface area contributed by atoms with Crippen LogP contribution in [-0.2, 0) is 21.4 Å². The fourth-order valence-corrected chi connectivity index (χ4v) is 5.76. The topological polar surface area (TPSA) is 83.5 Å². The fraction of sp³-hybridized carbons (Fsp3) is 0.350. The number of hydrogen-bond donors (Lipinski definition) is 0. The number of fused-ring (bicyclic) bond motifs is 1. The molecule has 0 radical (unpaired) electrons. The molecule has 0 saturated carbocycles. The molecule has 1 atom stereocenters. The van der Waals surface area contributed by atoms with Crippen LogP contribution in [0.1, 0.15) is 18.5 Å². The number of carbonyl (C=O) groups is 1. The first-order valence-electron chi connectivity index (χ1n) is 9.54. The van der Waals surface area contributed by atoms with Crippen LogP contribution >= 0.6 is 22.9 Å². The van der Waals surface area contributed by atoms with E-state index in [0.717, 1.165) is 10.4 Å². The third kappa shape index (κ3) is 4.49. The molecule has 1 saturated heterocycles. The van der Waals surface area contributed by atoms with Gasteiger partial charge >= 0.3 is 0 Å². The van der Waals surface area contributed by atoms with Gasteiger partial charge in [-0.2, -0.15) is 0 Å². The Labute approximate surface area is 184 Å². The van der Waals surface area contributed by atoms with Crippen molar-refractivity contribution in [2.75, 3.05) is 24.2 Å². The van der Waals surface area contributed by atoms with Gasteiger partial charge in [-0.15, -0.1) is 0 Å². The molecule has 10 heteroatoms. The van der Waals surface area contributed by atoms with E-state index in [1.807, 2.05) is 30.3 Å². The lowest BCUT2D eigenvalue weighted by Gasteiger charge is -2.32. The van der Waals surface area contributed by atoms with Crippen LogP contribution in [0.4, 0.5) is 5.13 Å². The van der Waals surface area contributed by atoms with E-state index in [2.05, 4.69) is 9.97 Å². The van der Waals surface area contributed by atoms with Crippen molar-refractivity contribution in [3.05, 3.63) is 53.3 Å². The molecular weight excluding hydrogens is 444 g/mol. The van der Waals surface area contributed by atoms with Crippen LogP contribution in [0.3, 0.4) is 0 Å². The van der Waals surface area contributed by atoms with Gasteiger partial charge in [-0.25, -0.2) is 17.7 Å². The van der Waals surface area contributed by atoms with Crippen molar-refractivity contribution < 1.29 is 13.2 Å². The minimum Gasteiger partial charge on any atom is -0.282 e. The Morgan fingerprint density at radius 3 is 2.83 bits per heavy atom. The normalized spacial score (nSPS) is 17.9. The van der Waals surface area contributed by atoms with Crippen molar-refractivity contribution in [2.45, 2.75) is 19.4 Å². The van der Waals surface area contributed by atoms with E-state index in [-0.39, 0.29) is 19.0 Å². The second-order valence-corrected chi connectivity index (χ2v) is 10.7. The second-order valence-electron chi connectivity index (χ2n) is 7.29. The Hall–Kier alpha value is -2.07. The minimum absolute atomic E-state index is 0.149. The molecule has 0 bridgehead atoms. The summed E-state index contributed by atoms with van der Waals surface area (Å²) in [5, 5.41) is 1.06. The summed E-state index contributed by atoms with van der Waals surface area (Å²) in [6, 6.07) is 11.1. The molecule has 4 rings (SSSR count). The molecule has 30 heavy (non-hydrogen) atoms. The van der Waals surface area contributed by atoms with Gasteiger partial charge in [0.1, 0.15) is 5.52 Å². The van der Waals surface area contributed by atoms with Crippen molar-refractivity contribution in [3.8, 4) is 0 Å². The highest BCUT2D eigenvalue weighted by Gasteiger charge is 2.34. The van der Waals surface area contributed by atoms with Gasteiger partial charge < -0.3 is 0 Å². The molecule has 3 aromatic rings.